The van der Waals surface area contributed by atoms with Crippen LogP contribution < -0.4 is 4.74 Å². The van der Waals surface area contributed by atoms with E-state index in [2.05, 4.69) is 4.74 Å². The first-order valence-corrected chi connectivity index (χ1v) is 4.80. The van der Waals surface area contributed by atoms with Gasteiger partial charge in [-0.05, 0) is 0 Å². The summed E-state index contributed by atoms with van der Waals surface area (Å²) in [5.41, 5.74) is -0.148. The topological polar surface area (TPSA) is 52.6 Å². The fourth-order valence-corrected chi connectivity index (χ4v) is 1.76. The van der Waals surface area contributed by atoms with Crippen molar-refractivity contribution in [1.29, 1.82) is 0 Å². The maximum atomic E-state index is 13.6. The van der Waals surface area contributed by atoms with E-state index in [1.807, 2.05) is 0 Å². The van der Waals surface area contributed by atoms with Gasteiger partial charge in [0.05, 0.1) is 19.4 Å². The number of benzene rings is 1. The Bertz CT molecular complexity index is 498. The van der Waals surface area contributed by atoms with Crippen LogP contribution in [0.15, 0.2) is 12.1 Å². The second-order valence-electron chi connectivity index (χ2n) is 3.55. The van der Waals surface area contributed by atoms with Crippen molar-refractivity contribution < 1.29 is 27.8 Å². The summed E-state index contributed by atoms with van der Waals surface area (Å²) in [7, 11) is 1.22. The molecule has 0 N–H and O–H groups in total. The van der Waals surface area contributed by atoms with E-state index in [0.29, 0.717) is 6.07 Å². The summed E-state index contributed by atoms with van der Waals surface area (Å²) in [6.45, 7) is 0. The molecule has 1 aliphatic heterocycles. The van der Waals surface area contributed by atoms with Crippen molar-refractivity contribution >= 4 is 11.9 Å². The Labute approximate surface area is 95.1 Å². The van der Waals surface area contributed by atoms with Gasteiger partial charge in [-0.3, -0.25) is 9.59 Å². The molecular formula is C11H8F2O4. The van der Waals surface area contributed by atoms with Crippen molar-refractivity contribution in [1.82, 2.24) is 0 Å². The number of ether oxygens (including phenoxy) is 2. The van der Waals surface area contributed by atoms with E-state index in [4.69, 9.17) is 4.74 Å². The standard InChI is InChI=1S/C11H8F2O4/c1-16-8-3-5(12)2-7(13)10(8)6-4-9(14)17-11(6)15/h2-3,6H,4H2,1H3. The molecule has 1 unspecified atom stereocenters. The molecule has 4 nitrogen and oxygen atoms in total. The van der Waals surface area contributed by atoms with Crippen LogP contribution >= 0.6 is 0 Å². The Balaban J connectivity index is 2.51. The summed E-state index contributed by atoms with van der Waals surface area (Å²) in [4.78, 5) is 22.3. The number of hydrogen-bond acceptors (Lipinski definition) is 4. The zero-order valence-corrected chi connectivity index (χ0v) is 8.83. The molecule has 1 saturated heterocycles. The minimum Gasteiger partial charge on any atom is -0.496 e. The van der Waals surface area contributed by atoms with E-state index < -0.39 is 29.5 Å². The van der Waals surface area contributed by atoms with Gasteiger partial charge in [0.25, 0.3) is 0 Å². The van der Waals surface area contributed by atoms with Crippen molar-refractivity contribution in [3.05, 3.63) is 29.3 Å². The summed E-state index contributed by atoms with van der Waals surface area (Å²) in [5, 5.41) is 0. The molecule has 0 aromatic heterocycles. The predicted molar refractivity (Wildman–Crippen MR) is 51.4 cm³/mol. The van der Waals surface area contributed by atoms with E-state index in [1.54, 1.807) is 0 Å². The second-order valence-corrected chi connectivity index (χ2v) is 3.55. The van der Waals surface area contributed by atoms with Gasteiger partial charge in [-0.15, -0.1) is 0 Å². The monoisotopic (exact) mass is 242 g/mol. The molecule has 1 aromatic rings. The van der Waals surface area contributed by atoms with E-state index in [-0.39, 0.29) is 17.7 Å². The van der Waals surface area contributed by atoms with Crippen molar-refractivity contribution in [2.45, 2.75) is 12.3 Å². The van der Waals surface area contributed by atoms with Gasteiger partial charge in [0.1, 0.15) is 17.4 Å². The molecule has 90 valence electrons. The summed E-state index contributed by atoms with van der Waals surface area (Å²) in [5.74, 6) is -4.51. The smallest absolute Gasteiger partial charge is 0.321 e. The van der Waals surface area contributed by atoms with Gasteiger partial charge in [-0.25, -0.2) is 8.78 Å². The molecule has 17 heavy (non-hydrogen) atoms. The molecule has 0 amide bonds. The van der Waals surface area contributed by atoms with Gasteiger partial charge in [-0.2, -0.15) is 0 Å². The number of halogens is 2. The highest BCUT2D eigenvalue weighted by Crippen LogP contribution is 2.36. The van der Waals surface area contributed by atoms with Crippen molar-refractivity contribution in [2.75, 3.05) is 7.11 Å². The van der Waals surface area contributed by atoms with Gasteiger partial charge in [0, 0.05) is 17.7 Å². The van der Waals surface area contributed by atoms with Crippen molar-refractivity contribution in [2.24, 2.45) is 0 Å². The molecule has 0 radical (unpaired) electrons. The van der Waals surface area contributed by atoms with E-state index in [1.165, 1.54) is 7.11 Å². The highest BCUT2D eigenvalue weighted by atomic mass is 19.1. The van der Waals surface area contributed by atoms with Gasteiger partial charge in [0.15, 0.2) is 0 Å². The van der Waals surface area contributed by atoms with Crippen LogP contribution in [0.2, 0.25) is 0 Å². The Morgan fingerprint density at radius 1 is 1.35 bits per heavy atom. The van der Waals surface area contributed by atoms with Crippen molar-refractivity contribution in [3.63, 3.8) is 0 Å². The fraction of sp³-hybridized carbons (Fsp3) is 0.273. The highest BCUT2D eigenvalue weighted by Gasteiger charge is 2.38. The third kappa shape index (κ3) is 1.98. The maximum absolute atomic E-state index is 13.6. The molecule has 0 bridgehead atoms. The quantitative estimate of drug-likeness (QED) is 0.583. The summed E-state index contributed by atoms with van der Waals surface area (Å²) in [6, 6.07) is 1.59. The first-order chi connectivity index (χ1) is 8.02. The predicted octanol–water partition coefficient (Wildman–Crippen LogP) is 1.53. The maximum Gasteiger partial charge on any atom is 0.321 e. The molecule has 1 aliphatic rings. The second kappa shape index (κ2) is 4.12. The van der Waals surface area contributed by atoms with Crippen LogP contribution in [0, 0.1) is 11.6 Å². The molecule has 0 spiro atoms. The normalized spacial score (nSPS) is 19.4. The Morgan fingerprint density at radius 2 is 2.06 bits per heavy atom. The third-order valence-electron chi connectivity index (χ3n) is 2.49. The first-order valence-electron chi connectivity index (χ1n) is 4.80. The van der Waals surface area contributed by atoms with Crippen LogP contribution in [0.25, 0.3) is 0 Å². The van der Waals surface area contributed by atoms with Crippen LogP contribution in [0.1, 0.15) is 17.9 Å². The average molecular weight is 242 g/mol. The number of hydrogen-bond donors (Lipinski definition) is 0. The van der Waals surface area contributed by atoms with E-state index >= 15 is 0 Å². The number of rotatable bonds is 2. The highest BCUT2D eigenvalue weighted by molar-refractivity contribution is 5.98. The molecule has 6 heteroatoms. The number of methoxy groups -OCH3 is 1. The van der Waals surface area contributed by atoms with Gasteiger partial charge in [0.2, 0.25) is 0 Å². The van der Waals surface area contributed by atoms with Crippen LogP contribution in [-0.4, -0.2) is 19.0 Å². The molecule has 0 aliphatic carbocycles. The first kappa shape index (κ1) is 11.5. The largest absolute Gasteiger partial charge is 0.496 e. The summed E-state index contributed by atoms with van der Waals surface area (Å²) >= 11 is 0. The number of carbonyl (C=O) groups is 2. The third-order valence-corrected chi connectivity index (χ3v) is 2.49. The fourth-order valence-electron chi connectivity index (χ4n) is 1.76. The lowest BCUT2D eigenvalue weighted by Crippen LogP contribution is -2.10. The number of carbonyl (C=O) groups excluding carboxylic acids is 2. The lowest BCUT2D eigenvalue weighted by Gasteiger charge is -2.12. The summed E-state index contributed by atoms with van der Waals surface area (Å²) in [6.07, 6.45) is -0.266. The Hall–Kier alpha value is -1.98. The van der Waals surface area contributed by atoms with Crippen LogP contribution in [0.3, 0.4) is 0 Å². The Morgan fingerprint density at radius 3 is 2.59 bits per heavy atom. The summed E-state index contributed by atoms with van der Waals surface area (Å²) < 4.78 is 35.7. The van der Waals surface area contributed by atoms with Crippen LogP contribution in [-0.2, 0) is 14.3 Å². The SMILES string of the molecule is COc1cc(F)cc(F)c1C1CC(=O)OC1=O. The zero-order chi connectivity index (χ0) is 12.6. The minimum absolute atomic E-state index is 0.112. The zero-order valence-electron chi connectivity index (χ0n) is 8.83. The molecule has 1 atom stereocenters. The average Bonchev–Trinajstić information content (AvgIpc) is 2.56. The number of esters is 2. The molecule has 1 fully saturated rings. The molecule has 1 aromatic carbocycles. The lowest BCUT2D eigenvalue weighted by atomic mass is 9.96. The molecular weight excluding hydrogens is 234 g/mol. The van der Waals surface area contributed by atoms with Crippen LogP contribution in [0.4, 0.5) is 8.78 Å². The molecule has 0 saturated carbocycles. The van der Waals surface area contributed by atoms with E-state index in [9.17, 15) is 18.4 Å². The van der Waals surface area contributed by atoms with Gasteiger partial charge >= 0.3 is 11.9 Å². The molecule has 2 rings (SSSR count). The lowest BCUT2D eigenvalue weighted by molar-refractivity contribution is -0.152. The Kier molecular flexibility index (Phi) is 2.79. The minimum atomic E-state index is -1.07. The van der Waals surface area contributed by atoms with Crippen LogP contribution in [0.5, 0.6) is 5.75 Å². The number of cyclic esters (lactones) is 2. The van der Waals surface area contributed by atoms with Gasteiger partial charge in [-0.1, -0.05) is 0 Å². The molecule has 1 heterocycles. The van der Waals surface area contributed by atoms with E-state index in [0.717, 1.165) is 6.07 Å². The van der Waals surface area contributed by atoms with Crippen molar-refractivity contribution in [3.8, 4) is 5.75 Å². The van der Waals surface area contributed by atoms with Gasteiger partial charge < -0.3 is 9.47 Å².